The number of hydrogen-bond acceptors (Lipinski definition) is 3. The van der Waals surface area contributed by atoms with Crippen molar-refractivity contribution in [1.29, 1.82) is 0 Å². The van der Waals surface area contributed by atoms with E-state index in [0.717, 1.165) is 38.5 Å². The molecule has 0 saturated carbocycles. The van der Waals surface area contributed by atoms with Gasteiger partial charge in [-0.15, -0.1) is 0 Å². The van der Waals surface area contributed by atoms with Crippen molar-refractivity contribution in [2.24, 2.45) is 0 Å². The second kappa shape index (κ2) is 12.8. The summed E-state index contributed by atoms with van der Waals surface area (Å²) in [4.78, 5) is 3.07. The predicted molar refractivity (Wildman–Crippen MR) is 86.0 cm³/mol. The lowest BCUT2D eigenvalue weighted by molar-refractivity contribution is -0.989. The summed E-state index contributed by atoms with van der Waals surface area (Å²) in [6.45, 7) is 10.9. The molecule has 2 rings (SSSR count). The van der Waals surface area contributed by atoms with Crippen LogP contribution >= 0.6 is 0 Å². The molecule has 0 amide bonds. The summed E-state index contributed by atoms with van der Waals surface area (Å²) in [5, 5.41) is 0. The fourth-order valence-electron chi connectivity index (χ4n) is 3.09. The van der Waals surface area contributed by atoms with Crippen molar-refractivity contribution < 1.29 is 48.8 Å². The molecule has 1 heterocycles. The molecule has 1 aliphatic rings. The van der Waals surface area contributed by atoms with Gasteiger partial charge in [0.15, 0.2) is 11.4 Å². The van der Waals surface area contributed by atoms with E-state index in [0.29, 0.717) is 13.2 Å². The Balaban J connectivity index is 0.00000264. The highest BCUT2D eigenvalue weighted by Gasteiger charge is 2.28. The van der Waals surface area contributed by atoms with E-state index in [4.69, 9.17) is 14.2 Å². The molecule has 0 bridgehead atoms. The van der Waals surface area contributed by atoms with Crippen LogP contribution in [-0.4, -0.2) is 59.3 Å². The molecule has 140 valence electrons. The SMILES string of the molecule is CCOC(C[NH+]1CC[NH+](c2ccccc2OC)CC1)OCC.[Cl-].[Cl-]. The maximum atomic E-state index is 5.66. The molecule has 0 aliphatic carbocycles. The molecule has 1 aliphatic heterocycles. The van der Waals surface area contributed by atoms with Crippen LogP contribution in [0.2, 0.25) is 0 Å². The molecule has 0 spiro atoms. The number of rotatable bonds is 8. The molecule has 0 atom stereocenters. The first-order valence-electron chi connectivity index (χ1n) is 8.33. The molecule has 24 heavy (non-hydrogen) atoms. The second-order valence-electron chi connectivity index (χ2n) is 5.60. The summed E-state index contributed by atoms with van der Waals surface area (Å²) in [5.41, 5.74) is 1.27. The highest BCUT2D eigenvalue weighted by Crippen LogP contribution is 2.18. The molecule has 2 N–H and O–H groups in total. The van der Waals surface area contributed by atoms with Crippen molar-refractivity contribution in [2.45, 2.75) is 20.1 Å². The Hall–Kier alpha value is -0.560. The van der Waals surface area contributed by atoms with Crippen molar-refractivity contribution in [1.82, 2.24) is 0 Å². The maximum Gasteiger partial charge on any atom is 0.207 e. The van der Waals surface area contributed by atoms with Gasteiger partial charge in [-0.05, 0) is 19.9 Å². The number of quaternary nitrogens is 2. The Bertz CT molecular complexity index is 438. The number of hydrogen-bond donors (Lipinski definition) is 2. The Morgan fingerprint density at radius 1 is 0.958 bits per heavy atom. The van der Waals surface area contributed by atoms with Crippen LogP contribution in [0.5, 0.6) is 5.75 Å². The van der Waals surface area contributed by atoms with Gasteiger partial charge in [0.1, 0.15) is 32.7 Å². The van der Waals surface area contributed by atoms with Gasteiger partial charge >= 0.3 is 0 Å². The van der Waals surface area contributed by atoms with Crippen LogP contribution < -0.4 is 39.4 Å². The molecule has 0 aromatic heterocycles. The zero-order valence-electron chi connectivity index (χ0n) is 14.8. The van der Waals surface area contributed by atoms with E-state index in [2.05, 4.69) is 12.1 Å². The van der Waals surface area contributed by atoms with Crippen LogP contribution in [0.1, 0.15) is 13.8 Å². The van der Waals surface area contributed by atoms with E-state index >= 15 is 0 Å². The van der Waals surface area contributed by atoms with Crippen LogP contribution in [-0.2, 0) is 9.47 Å². The predicted octanol–water partition coefficient (Wildman–Crippen LogP) is -6.48. The minimum absolute atomic E-state index is 0. The van der Waals surface area contributed by atoms with Crippen molar-refractivity contribution >= 4 is 5.69 Å². The minimum Gasteiger partial charge on any atom is -1.00 e. The highest BCUT2D eigenvalue weighted by molar-refractivity contribution is 5.45. The van der Waals surface area contributed by atoms with Gasteiger partial charge in [0, 0.05) is 19.3 Å². The van der Waals surface area contributed by atoms with Gasteiger partial charge in [-0.25, -0.2) is 0 Å². The minimum atomic E-state index is -0.0715. The van der Waals surface area contributed by atoms with Gasteiger partial charge in [-0.3, -0.25) is 4.90 Å². The molecular formula is C17H30Cl2N2O3. The summed E-state index contributed by atoms with van der Waals surface area (Å²) in [6.07, 6.45) is -0.0715. The Labute approximate surface area is 158 Å². The molecular weight excluding hydrogens is 351 g/mol. The molecule has 0 unspecified atom stereocenters. The molecule has 7 heteroatoms. The molecule has 0 radical (unpaired) electrons. The van der Waals surface area contributed by atoms with Gasteiger partial charge in [-0.1, -0.05) is 12.1 Å². The number of benzene rings is 1. The number of nitrogens with one attached hydrogen (secondary N) is 2. The Morgan fingerprint density at radius 3 is 2.08 bits per heavy atom. The third kappa shape index (κ3) is 6.75. The van der Waals surface area contributed by atoms with Crippen LogP contribution in [0.3, 0.4) is 0 Å². The zero-order valence-corrected chi connectivity index (χ0v) is 16.3. The van der Waals surface area contributed by atoms with Crippen molar-refractivity contribution in [3.8, 4) is 5.75 Å². The summed E-state index contributed by atoms with van der Waals surface area (Å²) in [7, 11) is 1.74. The van der Waals surface area contributed by atoms with Crippen LogP contribution in [0, 0.1) is 0 Å². The lowest BCUT2D eigenvalue weighted by atomic mass is 10.2. The molecule has 1 aromatic rings. The lowest BCUT2D eigenvalue weighted by Gasteiger charge is -2.31. The summed E-state index contributed by atoms with van der Waals surface area (Å²) >= 11 is 0. The first kappa shape index (κ1) is 23.4. The number of methoxy groups -OCH3 is 1. The number of halogens is 2. The molecule has 1 aromatic carbocycles. The fourth-order valence-corrected chi connectivity index (χ4v) is 3.09. The van der Waals surface area contributed by atoms with E-state index in [-0.39, 0.29) is 31.1 Å². The standard InChI is InChI=1S/C17H28N2O3.2ClH/c1-4-21-17(22-5-2)14-18-10-12-19(13-11-18)15-8-6-7-9-16(15)20-3;;/h6-9,17H,4-5,10-14H2,1-3H3;2*1H. The summed E-state index contributed by atoms with van der Waals surface area (Å²) in [5.74, 6) is 0.988. The normalized spacial score (nSPS) is 20.2. The average molecular weight is 381 g/mol. The summed E-state index contributed by atoms with van der Waals surface area (Å²) in [6, 6.07) is 8.33. The first-order valence-corrected chi connectivity index (χ1v) is 8.33. The van der Waals surface area contributed by atoms with E-state index < -0.39 is 0 Å². The first-order chi connectivity index (χ1) is 10.8. The van der Waals surface area contributed by atoms with Gasteiger partial charge in [0.05, 0.1) is 7.11 Å². The van der Waals surface area contributed by atoms with Crippen molar-refractivity contribution in [2.75, 3.05) is 53.0 Å². The number of para-hydroxylation sites is 2. The van der Waals surface area contributed by atoms with Crippen LogP contribution in [0.25, 0.3) is 0 Å². The topological polar surface area (TPSA) is 36.6 Å². The second-order valence-corrected chi connectivity index (χ2v) is 5.60. The Morgan fingerprint density at radius 2 is 1.54 bits per heavy atom. The van der Waals surface area contributed by atoms with E-state index in [1.807, 2.05) is 26.0 Å². The average Bonchev–Trinajstić information content (AvgIpc) is 2.56. The molecule has 1 fully saturated rings. The van der Waals surface area contributed by atoms with Crippen LogP contribution in [0.4, 0.5) is 5.69 Å². The monoisotopic (exact) mass is 380 g/mol. The molecule has 5 nitrogen and oxygen atoms in total. The van der Waals surface area contributed by atoms with E-state index in [1.165, 1.54) is 10.6 Å². The summed E-state index contributed by atoms with van der Waals surface area (Å²) < 4.78 is 16.8. The number of ether oxygens (including phenoxy) is 3. The van der Waals surface area contributed by atoms with Gasteiger partial charge < -0.3 is 43.9 Å². The largest absolute Gasteiger partial charge is 1.00 e. The lowest BCUT2D eigenvalue weighted by Crippen LogP contribution is -3.26. The Kier molecular flexibility index (Phi) is 12.5. The van der Waals surface area contributed by atoms with Crippen LogP contribution in [0.15, 0.2) is 24.3 Å². The fraction of sp³-hybridized carbons (Fsp3) is 0.647. The third-order valence-corrected chi connectivity index (χ3v) is 4.21. The van der Waals surface area contributed by atoms with Gasteiger partial charge in [-0.2, -0.15) is 0 Å². The number of piperazine rings is 1. The zero-order chi connectivity index (χ0) is 15.8. The quantitative estimate of drug-likeness (QED) is 0.440. The highest BCUT2D eigenvalue weighted by atomic mass is 35.5. The van der Waals surface area contributed by atoms with E-state index in [1.54, 1.807) is 12.0 Å². The van der Waals surface area contributed by atoms with Gasteiger partial charge in [0.25, 0.3) is 0 Å². The smallest absolute Gasteiger partial charge is 0.207 e. The van der Waals surface area contributed by atoms with Crippen molar-refractivity contribution in [3.63, 3.8) is 0 Å². The maximum absolute atomic E-state index is 5.66. The molecule has 1 saturated heterocycles. The third-order valence-electron chi connectivity index (χ3n) is 4.21. The van der Waals surface area contributed by atoms with Crippen molar-refractivity contribution in [3.05, 3.63) is 24.3 Å². The van der Waals surface area contributed by atoms with E-state index in [9.17, 15) is 0 Å². The van der Waals surface area contributed by atoms with Gasteiger partial charge in [0.2, 0.25) is 6.29 Å².